The molecule has 168 valence electrons. The van der Waals surface area contributed by atoms with Gasteiger partial charge >= 0.3 is 0 Å². The van der Waals surface area contributed by atoms with E-state index in [9.17, 15) is 10.1 Å². The summed E-state index contributed by atoms with van der Waals surface area (Å²) in [5.74, 6) is 0.270. The summed E-state index contributed by atoms with van der Waals surface area (Å²) in [6.45, 7) is 4.25. The lowest BCUT2D eigenvalue weighted by Crippen LogP contribution is -2.41. The number of para-hydroxylation sites is 1. The molecule has 3 aromatic rings. The molecular weight excluding hydrogens is 440 g/mol. The Morgan fingerprint density at radius 2 is 2.00 bits per heavy atom. The van der Waals surface area contributed by atoms with Crippen LogP contribution in [0.3, 0.4) is 0 Å². The molecule has 0 unspecified atom stereocenters. The third-order valence-corrected chi connectivity index (χ3v) is 5.51. The van der Waals surface area contributed by atoms with Gasteiger partial charge in [0.15, 0.2) is 0 Å². The van der Waals surface area contributed by atoms with Crippen LogP contribution < -0.4 is 4.74 Å². The molecule has 1 saturated heterocycles. The molecule has 0 spiro atoms. The summed E-state index contributed by atoms with van der Waals surface area (Å²) < 4.78 is 12.6. The van der Waals surface area contributed by atoms with Gasteiger partial charge in [-0.3, -0.25) is 4.79 Å². The number of benzene rings is 2. The Hall–Kier alpha value is -3.60. The molecule has 8 heteroatoms. The van der Waals surface area contributed by atoms with Crippen LogP contribution >= 0.6 is 11.6 Å². The van der Waals surface area contributed by atoms with Crippen LogP contribution in [0.25, 0.3) is 23.0 Å². The van der Waals surface area contributed by atoms with Gasteiger partial charge in [-0.15, -0.1) is 0 Å². The third-order valence-electron chi connectivity index (χ3n) is 5.22. The van der Waals surface area contributed by atoms with Gasteiger partial charge in [-0.1, -0.05) is 29.8 Å². The van der Waals surface area contributed by atoms with Crippen molar-refractivity contribution >= 4 is 23.6 Å². The van der Waals surface area contributed by atoms with Gasteiger partial charge in [0.1, 0.15) is 23.1 Å². The summed E-state index contributed by atoms with van der Waals surface area (Å²) >= 11 is 6.42. The quantitative estimate of drug-likeness (QED) is 0.401. The lowest BCUT2D eigenvalue weighted by atomic mass is 10.1. The van der Waals surface area contributed by atoms with Crippen molar-refractivity contribution < 1.29 is 14.3 Å². The SMILES string of the molecule is CCOc1ccc(-c2nn(-c3ccccc3)cc2/C=C(/C#N)C(=O)N2CCOCC2)cc1Cl. The van der Waals surface area contributed by atoms with Gasteiger partial charge in [0.05, 0.1) is 30.5 Å². The van der Waals surface area contributed by atoms with Crippen LogP contribution in [-0.2, 0) is 9.53 Å². The number of aromatic nitrogens is 2. The van der Waals surface area contributed by atoms with Gasteiger partial charge < -0.3 is 14.4 Å². The molecule has 4 rings (SSSR count). The highest BCUT2D eigenvalue weighted by atomic mass is 35.5. The third kappa shape index (κ3) is 5.08. The zero-order valence-corrected chi connectivity index (χ0v) is 19.0. The zero-order valence-electron chi connectivity index (χ0n) is 18.2. The number of nitrogens with zero attached hydrogens (tertiary/aromatic N) is 4. The largest absolute Gasteiger partial charge is 0.492 e. The fraction of sp³-hybridized carbons (Fsp3) is 0.240. The second-order valence-electron chi connectivity index (χ2n) is 7.37. The molecule has 33 heavy (non-hydrogen) atoms. The maximum atomic E-state index is 12.9. The van der Waals surface area contributed by atoms with Crippen molar-refractivity contribution in [2.75, 3.05) is 32.9 Å². The molecule has 7 nitrogen and oxygen atoms in total. The molecule has 1 aromatic heterocycles. The van der Waals surface area contributed by atoms with Crippen LogP contribution in [0.15, 0.2) is 60.3 Å². The van der Waals surface area contributed by atoms with E-state index in [0.717, 1.165) is 11.3 Å². The van der Waals surface area contributed by atoms with Crippen LogP contribution in [0.1, 0.15) is 12.5 Å². The Labute approximate surface area is 197 Å². The Balaban J connectivity index is 1.78. The first kappa shape index (κ1) is 22.6. The monoisotopic (exact) mass is 462 g/mol. The summed E-state index contributed by atoms with van der Waals surface area (Å²) in [6.07, 6.45) is 3.39. The smallest absolute Gasteiger partial charge is 0.264 e. The highest BCUT2D eigenvalue weighted by Gasteiger charge is 2.22. The fourth-order valence-electron chi connectivity index (χ4n) is 3.59. The van der Waals surface area contributed by atoms with Crippen molar-refractivity contribution in [2.45, 2.75) is 6.92 Å². The number of rotatable bonds is 6. The normalized spacial score (nSPS) is 14.1. The molecule has 1 aliphatic heterocycles. The average Bonchev–Trinajstić information content (AvgIpc) is 3.28. The highest BCUT2D eigenvalue weighted by Crippen LogP contribution is 2.32. The summed E-state index contributed by atoms with van der Waals surface area (Å²) in [4.78, 5) is 14.6. The molecule has 0 N–H and O–H groups in total. The molecule has 0 saturated carbocycles. The lowest BCUT2D eigenvalue weighted by Gasteiger charge is -2.26. The van der Waals surface area contributed by atoms with Crippen LogP contribution in [0, 0.1) is 11.3 Å². The fourth-order valence-corrected chi connectivity index (χ4v) is 3.82. The van der Waals surface area contributed by atoms with E-state index in [0.29, 0.717) is 54.9 Å². The van der Waals surface area contributed by atoms with Gasteiger partial charge in [0.25, 0.3) is 5.91 Å². The second kappa shape index (κ2) is 10.3. The molecule has 0 aliphatic carbocycles. The van der Waals surface area contributed by atoms with Crippen LogP contribution in [0.5, 0.6) is 5.75 Å². The Morgan fingerprint density at radius 3 is 2.67 bits per heavy atom. The van der Waals surface area contributed by atoms with Gasteiger partial charge in [0, 0.05) is 30.4 Å². The van der Waals surface area contributed by atoms with Crippen molar-refractivity contribution in [2.24, 2.45) is 0 Å². The van der Waals surface area contributed by atoms with Crippen molar-refractivity contribution in [3.05, 3.63) is 70.9 Å². The molecule has 1 amide bonds. The van der Waals surface area contributed by atoms with Gasteiger partial charge in [0.2, 0.25) is 0 Å². The Bertz CT molecular complexity index is 1210. The minimum atomic E-state index is -0.316. The predicted octanol–water partition coefficient (Wildman–Crippen LogP) is 4.36. The number of halogens is 1. The van der Waals surface area contributed by atoms with Crippen molar-refractivity contribution in [3.8, 4) is 28.8 Å². The first-order valence-electron chi connectivity index (χ1n) is 10.7. The van der Waals surface area contributed by atoms with E-state index in [2.05, 4.69) is 6.07 Å². The zero-order chi connectivity index (χ0) is 23.2. The lowest BCUT2D eigenvalue weighted by molar-refractivity contribution is -0.130. The van der Waals surface area contributed by atoms with Crippen molar-refractivity contribution in [3.63, 3.8) is 0 Å². The van der Waals surface area contributed by atoms with Gasteiger partial charge in [-0.25, -0.2) is 4.68 Å². The molecular formula is C25H23ClN4O3. The molecule has 2 heterocycles. The van der Waals surface area contributed by atoms with E-state index in [1.165, 1.54) is 0 Å². The first-order chi connectivity index (χ1) is 16.1. The first-order valence-corrected chi connectivity index (χ1v) is 11.0. The van der Waals surface area contributed by atoms with Crippen molar-refractivity contribution in [1.29, 1.82) is 5.26 Å². The Kier molecular flexibility index (Phi) is 7.08. The number of nitriles is 1. The molecule has 0 radical (unpaired) electrons. The molecule has 1 aliphatic rings. The highest BCUT2D eigenvalue weighted by molar-refractivity contribution is 6.32. The second-order valence-corrected chi connectivity index (χ2v) is 7.77. The number of hydrogen-bond donors (Lipinski definition) is 0. The molecule has 0 atom stereocenters. The average molecular weight is 463 g/mol. The summed E-state index contributed by atoms with van der Waals surface area (Å²) in [5.41, 5.74) is 2.89. The Morgan fingerprint density at radius 1 is 1.24 bits per heavy atom. The minimum absolute atomic E-state index is 0.0443. The van der Waals surface area contributed by atoms with E-state index in [4.69, 9.17) is 26.2 Å². The van der Waals surface area contributed by atoms with Crippen LogP contribution in [-0.4, -0.2) is 53.5 Å². The number of amides is 1. The van der Waals surface area contributed by atoms with E-state index < -0.39 is 0 Å². The van der Waals surface area contributed by atoms with E-state index in [1.54, 1.807) is 34.0 Å². The number of morpholine rings is 1. The van der Waals surface area contributed by atoms with Crippen molar-refractivity contribution in [1.82, 2.24) is 14.7 Å². The van der Waals surface area contributed by atoms with Gasteiger partial charge in [-0.05, 0) is 43.3 Å². The number of carbonyl (C=O) groups excluding carboxylic acids is 1. The number of carbonyl (C=O) groups is 1. The predicted molar refractivity (Wildman–Crippen MR) is 126 cm³/mol. The van der Waals surface area contributed by atoms with Crippen LogP contribution in [0.2, 0.25) is 5.02 Å². The standard InChI is InChI=1S/C25H23ClN4O3/c1-2-33-23-9-8-18(15-22(23)26)24-20(17-30(28-24)21-6-4-3-5-7-21)14-19(16-27)25(31)29-10-12-32-13-11-29/h3-9,14-15,17H,2,10-13H2,1H3/b19-14-. The molecule has 1 fully saturated rings. The van der Waals surface area contributed by atoms with E-state index in [1.807, 2.05) is 43.3 Å². The summed E-state index contributed by atoms with van der Waals surface area (Å²) in [6, 6.07) is 17.1. The maximum Gasteiger partial charge on any atom is 0.264 e. The van der Waals surface area contributed by atoms with Gasteiger partial charge in [-0.2, -0.15) is 10.4 Å². The number of ether oxygens (including phenoxy) is 2. The number of hydrogen-bond acceptors (Lipinski definition) is 5. The topological polar surface area (TPSA) is 80.4 Å². The molecule has 0 bridgehead atoms. The summed E-state index contributed by atoms with van der Waals surface area (Å²) in [7, 11) is 0. The van der Waals surface area contributed by atoms with E-state index in [-0.39, 0.29) is 11.5 Å². The van der Waals surface area contributed by atoms with E-state index >= 15 is 0 Å². The minimum Gasteiger partial charge on any atom is -0.492 e. The van der Waals surface area contributed by atoms with Crippen LogP contribution in [0.4, 0.5) is 0 Å². The molecule has 2 aromatic carbocycles. The maximum absolute atomic E-state index is 12.9. The summed E-state index contributed by atoms with van der Waals surface area (Å²) in [5, 5.41) is 15.0.